The zero-order chi connectivity index (χ0) is 16.9. The molecule has 0 bridgehead atoms. The Bertz CT molecular complexity index is 699. The van der Waals surface area contributed by atoms with Crippen LogP contribution >= 0.6 is 0 Å². The van der Waals surface area contributed by atoms with E-state index < -0.39 is 0 Å². The SMILES string of the molecule is Cc1cc(OCc2ccccc2)nc(N2CCN(C(N)=O)CC2)n1. The van der Waals surface area contributed by atoms with E-state index in [-0.39, 0.29) is 6.03 Å². The van der Waals surface area contributed by atoms with Crippen molar-refractivity contribution < 1.29 is 9.53 Å². The third-order valence-electron chi connectivity index (χ3n) is 3.92. The lowest BCUT2D eigenvalue weighted by molar-refractivity contribution is 0.203. The van der Waals surface area contributed by atoms with Gasteiger partial charge in [-0.25, -0.2) is 9.78 Å². The first-order chi connectivity index (χ1) is 11.6. The molecule has 1 aliphatic heterocycles. The van der Waals surface area contributed by atoms with Crippen molar-refractivity contribution in [1.29, 1.82) is 0 Å². The Morgan fingerprint density at radius 2 is 1.88 bits per heavy atom. The summed E-state index contributed by atoms with van der Waals surface area (Å²) in [5.74, 6) is 1.18. The topological polar surface area (TPSA) is 84.6 Å². The van der Waals surface area contributed by atoms with Gasteiger partial charge in [0.15, 0.2) is 0 Å². The number of benzene rings is 1. The number of piperazine rings is 1. The molecule has 0 spiro atoms. The Hall–Kier alpha value is -2.83. The highest BCUT2D eigenvalue weighted by atomic mass is 16.5. The predicted octanol–water partition coefficient (Wildman–Crippen LogP) is 1.56. The van der Waals surface area contributed by atoms with Crippen molar-refractivity contribution in [2.45, 2.75) is 13.5 Å². The molecule has 7 heteroatoms. The normalized spacial score (nSPS) is 14.5. The summed E-state index contributed by atoms with van der Waals surface area (Å²) in [6.45, 7) is 4.85. The van der Waals surface area contributed by atoms with Gasteiger partial charge >= 0.3 is 6.03 Å². The number of aromatic nitrogens is 2. The van der Waals surface area contributed by atoms with Crippen molar-refractivity contribution in [3.63, 3.8) is 0 Å². The van der Waals surface area contributed by atoms with Gasteiger partial charge in [-0.1, -0.05) is 30.3 Å². The number of aryl methyl sites for hydroxylation is 1. The third-order valence-corrected chi connectivity index (χ3v) is 3.92. The molecule has 2 N–H and O–H groups in total. The third kappa shape index (κ3) is 3.92. The monoisotopic (exact) mass is 327 g/mol. The Morgan fingerprint density at radius 1 is 1.17 bits per heavy atom. The average molecular weight is 327 g/mol. The average Bonchev–Trinajstić information content (AvgIpc) is 2.60. The molecular formula is C17H21N5O2. The summed E-state index contributed by atoms with van der Waals surface area (Å²) in [6.07, 6.45) is 0. The fraction of sp³-hybridized carbons (Fsp3) is 0.353. The van der Waals surface area contributed by atoms with Gasteiger partial charge in [0.05, 0.1) is 0 Å². The molecule has 1 saturated heterocycles. The molecule has 3 rings (SSSR count). The zero-order valence-corrected chi connectivity index (χ0v) is 13.7. The van der Waals surface area contributed by atoms with Gasteiger partial charge in [-0.3, -0.25) is 0 Å². The highest BCUT2D eigenvalue weighted by Gasteiger charge is 2.21. The van der Waals surface area contributed by atoms with Gasteiger partial charge < -0.3 is 20.3 Å². The predicted molar refractivity (Wildman–Crippen MR) is 90.9 cm³/mol. The Kier molecular flexibility index (Phi) is 4.79. The van der Waals surface area contributed by atoms with E-state index in [4.69, 9.17) is 10.5 Å². The minimum Gasteiger partial charge on any atom is -0.473 e. The molecule has 0 aliphatic carbocycles. The van der Waals surface area contributed by atoms with Gasteiger partial charge in [-0.05, 0) is 12.5 Å². The minimum absolute atomic E-state index is 0.383. The lowest BCUT2D eigenvalue weighted by Gasteiger charge is -2.33. The molecule has 2 heterocycles. The standard InChI is InChI=1S/C17H21N5O2/c1-13-11-15(24-12-14-5-3-2-4-6-14)20-17(19-13)22-9-7-21(8-10-22)16(18)23/h2-6,11H,7-10,12H2,1H3,(H2,18,23). The number of primary amides is 1. The molecule has 2 aromatic rings. The first-order valence-electron chi connectivity index (χ1n) is 7.93. The summed E-state index contributed by atoms with van der Waals surface area (Å²) in [5, 5.41) is 0. The minimum atomic E-state index is -0.383. The second-order valence-electron chi connectivity index (χ2n) is 5.73. The van der Waals surface area contributed by atoms with E-state index >= 15 is 0 Å². The Labute approximate surface area is 141 Å². The molecule has 126 valence electrons. The quantitative estimate of drug-likeness (QED) is 0.921. The molecule has 2 amide bonds. The molecule has 1 aliphatic rings. The molecule has 0 unspecified atom stereocenters. The maximum absolute atomic E-state index is 11.2. The van der Waals surface area contributed by atoms with E-state index in [0.717, 1.165) is 11.3 Å². The number of anilines is 1. The number of carbonyl (C=O) groups excluding carboxylic acids is 1. The fourth-order valence-corrected chi connectivity index (χ4v) is 2.60. The number of hydrogen-bond donors (Lipinski definition) is 1. The summed E-state index contributed by atoms with van der Waals surface area (Å²) in [4.78, 5) is 23.9. The molecule has 1 aromatic heterocycles. The maximum Gasteiger partial charge on any atom is 0.314 e. The van der Waals surface area contributed by atoms with Crippen molar-refractivity contribution in [3.8, 4) is 5.88 Å². The van der Waals surface area contributed by atoms with E-state index in [9.17, 15) is 4.79 Å². The van der Waals surface area contributed by atoms with E-state index in [1.165, 1.54) is 0 Å². The van der Waals surface area contributed by atoms with Crippen molar-refractivity contribution >= 4 is 12.0 Å². The van der Waals surface area contributed by atoms with Crippen LogP contribution in [0.5, 0.6) is 5.88 Å². The molecular weight excluding hydrogens is 306 g/mol. The van der Waals surface area contributed by atoms with Crippen molar-refractivity contribution in [3.05, 3.63) is 47.7 Å². The van der Waals surface area contributed by atoms with Gasteiger partial charge in [0.25, 0.3) is 0 Å². The maximum atomic E-state index is 11.2. The van der Waals surface area contributed by atoms with Crippen LogP contribution < -0.4 is 15.4 Å². The van der Waals surface area contributed by atoms with E-state index in [1.54, 1.807) is 4.90 Å². The summed E-state index contributed by atoms with van der Waals surface area (Å²) < 4.78 is 5.80. The summed E-state index contributed by atoms with van der Waals surface area (Å²) in [7, 11) is 0. The second kappa shape index (κ2) is 7.16. The zero-order valence-electron chi connectivity index (χ0n) is 13.7. The van der Waals surface area contributed by atoms with Crippen LogP contribution in [-0.4, -0.2) is 47.1 Å². The molecule has 7 nitrogen and oxygen atoms in total. The first kappa shape index (κ1) is 16.0. The highest BCUT2D eigenvalue weighted by molar-refractivity contribution is 5.72. The molecule has 1 fully saturated rings. The van der Waals surface area contributed by atoms with Crippen molar-refractivity contribution in [2.75, 3.05) is 31.1 Å². The number of carbonyl (C=O) groups is 1. The molecule has 0 radical (unpaired) electrons. The number of ether oxygens (including phenoxy) is 1. The highest BCUT2D eigenvalue weighted by Crippen LogP contribution is 2.18. The number of nitrogens with two attached hydrogens (primary N) is 1. The van der Waals surface area contributed by atoms with Crippen LogP contribution in [-0.2, 0) is 6.61 Å². The van der Waals surface area contributed by atoms with Gasteiger partial charge in [-0.2, -0.15) is 4.98 Å². The smallest absolute Gasteiger partial charge is 0.314 e. The Morgan fingerprint density at radius 3 is 2.54 bits per heavy atom. The number of rotatable bonds is 4. The van der Waals surface area contributed by atoms with Crippen LogP contribution in [0.15, 0.2) is 36.4 Å². The van der Waals surface area contributed by atoms with E-state index in [1.807, 2.05) is 48.2 Å². The van der Waals surface area contributed by atoms with E-state index in [0.29, 0.717) is 44.6 Å². The van der Waals surface area contributed by atoms with Crippen molar-refractivity contribution in [1.82, 2.24) is 14.9 Å². The van der Waals surface area contributed by atoms with Crippen LogP contribution in [0.2, 0.25) is 0 Å². The van der Waals surface area contributed by atoms with E-state index in [2.05, 4.69) is 9.97 Å². The molecule has 0 atom stereocenters. The van der Waals surface area contributed by atoms with Gasteiger partial charge in [-0.15, -0.1) is 0 Å². The van der Waals surface area contributed by atoms with Gasteiger partial charge in [0, 0.05) is 37.9 Å². The number of amides is 2. The Balaban J connectivity index is 1.67. The lowest BCUT2D eigenvalue weighted by Crippen LogP contribution is -2.51. The molecule has 0 saturated carbocycles. The van der Waals surface area contributed by atoms with Crippen LogP contribution in [0, 0.1) is 6.92 Å². The largest absolute Gasteiger partial charge is 0.473 e. The molecule has 1 aromatic carbocycles. The summed E-state index contributed by atoms with van der Waals surface area (Å²) in [6, 6.07) is 11.4. The van der Waals surface area contributed by atoms with Crippen LogP contribution in [0.25, 0.3) is 0 Å². The first-order valence-corrected chi connectivity index (χ1v) is 7.93. The summed E-state index contributed by atoms with van der Waals surface area (Å²) in [5.41, 5.74) is 7.25. The van der Waals surface area contributed by atoms with Crippen molar-refractivity contribution in [2.24, 2.45) is 5.73 Å². The fourth-order valence-electron chi connectivity index (χ4n) is 2.60. The lowest BCUT2D eigenvalue weighted by atomic mass is 10.2. The van der Waals surface area contributed by atoms with Crippen LogP contribution in [0.3, 0.4) is 0 Å². The second-order valence-corrected chi connectivity index (χ2v) is 5.73. The number of nitrogens with zero attached hydrogens (tertiary/aromatic N) is 4. The number of urea groups is 1. The van der Waals surface area contributed by atoms with Gasteiger partial charge in [0.2, 0.25) is 11.8 Å². The van der Waals surface area contributed by atoms with Crippen LogP contribution in [0.4, 0.5) is 10.7 Å². The van der Waals surface area contributed by atoms with Gasteiger partial charge in [0.1, 0.15) is 6.61 Å². The van der Waals surface area contributed by atoms with Crippen LogP contribution in [0.1, 0.15) is 11.3 Å². The number of hydrogen-bond acceptors (Lipinski definition) is 5. The molecule has 24 heavy (non-hydrogen) atoms. The summed E-state index contributed by atoms with van der Waals surface area (Å²) >= 11 is 0.